The van der Waals surface area contributed by atoms with Gasteiger partial charge in [-0.3, -0.25) is 0 Å². The molecule has 0 unspecified atom stereocenters. The van der Waals surface area contributed by atoms with E-state index in [1.165, 1.54) is 0 Å². The molecule has 0 aliphatic rings. The Labute approximate surface area is 58.8 Å². The number of halogens is 3. The summed E-state index contributed by atoms with van der Waals surface area (Å²) in [4.78, 5) is 3.19. The smallest absolute Gasteiger partial charge is 0.215 e. The quantitative estimate of drug-likeness (QED) is 0.576. The molecule has 9 heavy (non-hydrogen) atoms. The van der Waals surface area contributed by atoms with Crippen molar-refractivity contribution in [1.29, 1.82) is 0 Å². The molecule has 1 aromatic rings. The highest BCUT2D eigenvalue weighted by Gasteiger charge is 1.98. The van der Waals surface area contributed by atoms with Crippen LogP contribution in [0.1, 0.15) is 0 Å². The summed E-state index contributed by atoms with van der Waals surface area (Å²) < 4.78 is 24.4. The summed E-state index contributed by atoms with van der Waals surface area (Å²) in [6.45, 7) is 0. The summed E-state index contributed by atoms with van der Waals surface area (Å²) in [5, 5.41) is 0. The highest BCUT2D eigenvalue weighted by molar-refractivity contribution is 9.10. The topological polar surface area (TPSA) is 12.9 Å². The van der Waals surface area contributed by atoms with Crippen LogP contribution in [0, 0.1) is 11.8 Å². The average molecular weight is 194 g/mol. The van der Waals surface area contributed by atoms with E-state index in [1.54, 1.807) is 0 Å². The van der Waals surface area contributed by atoms with Crippen LogP contribution < -0.4 is 0 Å². The second kappa shape index (κ2) is 2.39. The fraction of sp³-hybridized carbons (Fsp3) is 0. The number of pyridine rings is 1. The molecule has 4 heteroatoms. The van der Waals surface area contributed by atoms with Crippen LogP contribution in [0.25, 0.3) is 0 Å². The molecule has 0 spiro atoms. The lowest BCUT2D eigenvalue weighted by Gasteiger charge is -1.89. The summed E-state index contributed by atoms with van der Waals surface area (Å²) in [5.74, 6) is -1.45. The molecule has 0 aliphatic carbocycles. The molecule has 0 aromatic carbocycles. The normalized spacial score (nSPS) is 9.67. The van der Waals surface area contributed by atoms with E-state index >= 15 is 0 Å². The van der Waals surface area contributed by atoms with Gasteiger partial charge in [0.1, 0.15) is 5.82 Å². The second-order valence-electron chi connectivity index (χ2n) is 1.42. The van der Waals surface area contributed by atoms with Gasteiger partial charge in [0.05, 0.1) is 4.47 Å². The van der Waals surface area contributed by atoms with E-state index in [9.17, 15) is 8.78 Å². The minimum atomic E-state index is -0.810. The van der Waals surface area contributed by atoms with Crippen molar-refractivity contribution >= 4 is 15.9 Å². The van der Waals surface area contributed by atoms with Gasteiger partial charge in [0.2, 0.25) is 5.95 Å². The van der Waals surface area contributed by atoms with E-state index in [-0.39, 0.29) is 4.47 Å². The van der Waals surface area contributed by atoms with Crippen molar-refractivity contribution in [2.75, 3.05) is 0 Å². The fourth-order valence-corrected chi connectivity index (χ4v) is 0.608. The largest absolute Gasteiger partial charge is 0.227 e. The zero-order valence-corrected chi connectivity index (χ0v) is 5.82. The van der Waals surface area contributed by atoms with Crippen molar-refractivity contribution in [1.82, 2.24) is 4.98 Å². The van der Waals surface area contributed by atoms with Gasteiger partial charge in [0.15, 0.2) is 0 Å². The standard InChI is InChI=1S/C5H2BrF2N/c6-3-2-9-5(8)1-4(3)7/h1-2H. The van der Waals surface area contributed by atoms with Gasteiger partial charge in [-0.1, -0.05) is 0 Å². The highest BCUT2D eigenvalue weighted by atomic mass is 79.9. The van der Waals surface area contributed by atoms with Crippen molar-refractivity contribution in [3.63, 3.8) is 0 Å². The molecular formula is C5H2BrF2N. The summed E-state index contributed by atoms with van der Waals surface area (Å²) in [5.41, 5.74) is 0. The van der Waals surface area contributed by atoms with Gasteiger partial charge in [-0.05, 0) is 15.9 Å². The third-order valence-corrected chi connectivity index (χ3v) is 1.36. The molecule has 0 saturated carbocycles. The van der Waals surface area contributed by atoms with Gasteiger partial charge in [-0.15, -0.1) is 0 Å². The van der Waals surface area contributed by atoms with Crippen LogP contribution in [-0.4, -0.2) is 4.98 Å². The first-order valence-electron chi connectivity index (χ1n) is 2.16. The van der Waals surface area contributed by atoms with E-state index in [2.05, 4.69) is 20.9 Å². The van der Waals surface area contributed by atoms with Crippen molar-refractivity contribution in [3.8, 4) is 0 Å². The molecule has 0 N–H and O–H groups in total. The Morgan fingerprint density at radius 2 is 2.11 bits per heavy atom. The van der Waals surface area contributed by atoms with E-state index in [0.29, 0.717) is 6.07 Å². The van der Waals surface area contributed by atoms with Gasteiger partial charge in [0, 0.05) is 12.3 Å². The molecule has 0 fully saturated rings. The maximum Gasteiger partial charge on any atom is 0.215 e. The minimum absolute atomic E-state index is 0.170. The molecule has 48 valence electrons. The number of rotatable bonds is 0. The molecule has 0 radical (unpaired) electrons. The van der Waals surface area contributed by atoms with Crippen LogP contribution >= 0.6 is 15.9 Å². The minimum Gasteiger partial charge on any atom is -0.227 e. The van der Waals surface area contributed by atoms with Crippen LogP contribution in [0.15, 0.2) is 16.7 Å². The molecule has 0 aliphatic heterocycles. The number of aromatic nitrogens is 1. The summed E-state index contributed by atoms with van der Waals surface area (Å²) >= 11 is 2.83. The van der Waals surface area contributed by atoms with Crippen LogP contribution in [0.3, 0.4) is 0 Å². The second-order valence-corrected chi connectivity index (χ2v) is 2.28. The Morgan fingerprint density at radius 1 is 1.44 bits per heavy atom. The zero-order valence-electron chi connectivity index (χ0n) is 4.24. The number of hydrogen-bond donors (Lipinski definition) is 0. The van der Waals surface area contributed by atoms with Crippen LogP contribution in [-0.2, 0) is 0 Å². The van der Waals surface area contributed by atoms with Crippen molar-refractivity contribution in [2.24, 2.45) is 0 Å². The number of nitrogens with zero attached hydrogens (tertiary/aromatic N) is 1. The molecule has 1 aromatic heterocycles. The average Bonchev–Trinajstić information content (AvgIpc) is 1.80. The molecule has 0 atom stereocenters. The van der Waals surface area contributed by atoms with Crippen molar-refractivity contribution in [2.45, 2.75) is 0 Å². The first-order valence-corrected chi connectivity index (χ1v) is 2.96. The molecule has 0 bridgehead atoms. The Hall–Kier alpha value is -0.510. The third kappa shape index (κ3) is 1.45. The molecule has 0 amide bonds. The van der Waals surface area contributed by atoms with E-state index in [4.69, 9.17) is 0 Å². The highest BCUT2D eigenvalue weighted by Crippen LogP contribution is 2.12. The summed E-state index contributed by atoms with van der Waals surface area (Å²) in [6.07, 6.45) is 1.07. The Kier molecular flexibility index (Phi) is 1.75. The predicted octanol–water partition coefficient (Wildman–Crippen LogP) is 2.12. The zero-order chi connectivity index (χ0) is 6.85. The molecule has 1 heterocycles. The number of hydrogen-bond acceptors (Lipinski definition) is 1. The molecular weight excluding hydrogens is 192 g/mol. The molecule has 0 saturated heterocycles. The van der Waals surface area contributed by atoms with Gasteiger partial charge in [-0.25, -0.2) is 9.37 Å². The first-order chi connectivity index (χ1) is 4.20. The van der Waals surface area contributed by atoms with Crippen LogP contribution in [0.2, 0.25) is 0 Å². The SMILES string of the molecule is Fc1cc(F)c(Br)cn1. The Bertz CT molecular complexity index is 226. The van der Waals surface area contributed by atoms with Gasteiger partial charge >= 0.3 is 0 Å². The fourth-order valence-electron chi connectivity index (χ4n) is 0.391. The van der Waals surface area contributed by atoms with Gasteiger partial charge in [0.25, 0.3) is 0 Å². The van der Waals surface area contributed by atoms with Gasteiger partial charge in [-0.2, -0.15) is 4.39 Å². The monoisotopic (exact) mass is 193 g/mol. The van der Waals surface area contributed by atoms with Crippen LogP contribution in [0.4, 0.5) is 8.78 Å². The lowest BCUT2D eigenvalue weighted by molar-refractivity contribution is 0.548. The maximum atomic E-state index is 12.3. The summed E-state index contributed by atoms with van der Waals surface area (Å²) in [7, 11) is 0. The van der Waals surface area contributed by atoms with E-state index < -0.39 is 11.8 Å². The lowest BCUT2D eigenvalue weighted by atomic mass is 10.5. The van der Waals surface area contributed by atoms with Crippen LogP contribution in [0.5, 0.6) is 0 Å². The summed E-state index contributed by atoms with van der Waals surface area (Å²) in [6, 6.07) is 0.712. The van der Waals surface area contributed by atoms with E-state index in [0.717, 1.165) is 6.20 Å². The van der Waals surface area contributed by atoms with Crippen molar-refractivity contribution in [3.05, 3.63) is 28.5 Å². The molecule has 1 nitrogen and oxygen atoms in total. The maximum absolute atomic E-state index is 12.3. The lowest BCUT2D eigenvalue weighted by Crippen LogP contribution is -1.84. The van der Waals surface area contributed by atoms with Gasteiger partial charge < -0.3 is 0 Å². The third-order valence-electron chi connectivity index (χ3n) is 0.775. The Balaban J connectivity index is 3.17. The van der Waals surface area contributed by atoms with E-state index in [1.807, 2.05) is 0 Å². The van der Waals surface area contributed by atoms with Crippen molar-refractivity contribution < 1.29 is 8.78 Å². The predicted molar refractivity (Wildman–Crippen MR) is 31.9 cm³/mol. The first kappa shape index (κ1) is 6.61. The Morgan fingerprint density at radius 3 is 2.56 bits per heavy atom. The molecule has 1 rings (SSSR count).